The van der Waals surface area contributed by atoms with Crippen molar-refractivity contribution >= 4 is 16.9 Å². The molecule has 6 heteroatoms. The van der Waals surface area contributed by atoms with Crippen molar-refractivity contribution in [2.75, 3.05) is 32.1 Å². The Bertz CT molecular complexity index is 659. The molecule has 1 aromatic heterocycles. The Balaban J connectivity index is 1.95. The molecule has 1 aromatic carbocycles. The van der Waals surface area contributed by atoms with Gasteiger partial charge in [0.25, 0.3) is 0 Å². The van der Waals surface area contributed by atoms with Gasteiger partial charge in [0.05, 0.1) is 17.2 Å². The molecule has 2 aromatic rings. The number of hydrogen-bond donors (Lipinski definition) is 0. The van der Waals surface area contributed by atoms with Crippen LogP contribution in [0.4, 0.5) is 14.6 Å². The molecule has 0 spiro atoms. The fourth-order valence-electron chi connectivity index (χ4n) is 2.89. The lowest BCUT2D eigenvalue weighted by Crippen LogP contribution is -2.38. The van der Waals surface area contributed by atoms with E-state index in [0.717, 1.165) is 43.9 Å². The van der Waals surface area contributed by atoms with Crippen LogP contribution in [0.2, 0.25) is 0 Å². The smallest absolute Gasteiger partial charge is 0.161 e. The fraction of sp³-hybridized carbons (Fsp3) is 0.467. The van der Waals surface area contributed by atoms with Gasteiger partial charge in [0.1, 0.15) is 5.82 Å². The van der Waals surface area contributed by atoms with Crippen LogP contribution in [0.25, 0.3) is 11.0 Å². The van der Waals surface area contributed by atoms with Gasteiger partial charge in [-0.05, 0) is 26.9 Å². The maximum absolute atomic E-state index is 13.3. The number of rotatable bonds is 3. The summed E-state index contributed by atoms with van der Waals surface area (Å²) in [5.74, 6) is -1.05. The van der Waals surface area contributed by atoms with Crippen molar-refractivity contribution in [3.63, 3.8) is 0 Å². The molecule has 0 unspecified atom stereocenters. The predicted octanol–water partition coefficient (Wildman–Crippen LogP) is 2.44. The Kier molecular flexibility index (Phi) is 3.71. The van der Waals surface area contributed by atoms with Crippen LogP contribution >= 0.6 is 0 Å². The van der Waals surface area contributed by atoms with Crippen molar-refractivity contribution in [3.8, 4) is 0 Å². The van der Waals surface area contributed by atoms with Crippen molar-refractivity contribution in [2.24, 2.45) is 0 Å². The highest BCUT2D eigenvalue weighted by Gasteiger charge is 2.26. The molecule has 1 atom stereocenters. The standard InChI is InChI=1S/C15H18F2N4/c1-20(2)9-10-4-3-5-21(10)15-8-18-13-6-11(16)12(17)7-14(13)19-15/h6-8,10H,3-5,9H2,1-2H3/t10-/m0/s1. The highest BCUT2D eigenvalue weighted by atomic mass is 19.2. The highest BCUT2D eigenvalue weighted by Crippen LogP contribution is 2.25. The zero-order chi connectivity index (χ0) is 15.0. The summed E-state index contributed by atoms with van der Waals surface area (Å²) in [6.07, 6.45) is 3.86. The summed E-state index contributed by atoms with van der Waals surface area (Å²) in [6, 6.07) is 2.58. The minimum Gasteiger partial charge on any atom is -0.351 e. The lowest BCUT2D eigenvalue weighted by atomic mass is 10.2. The molecule has 21 heavy (non-hydrogen) atoms. The van der Waals surface area contributed by atoms with Crippen LogP contribution < -0.4 is 4.90 Å². The van der Waals surface area contributed by atoms with Gasteiger partial charge in [0, 0.05) is 31.3 Å². The molecule has 0 N–H and O–H groups in total. The molecular weight excluding hydrogens is 274 g/mol. The molecule has 1 fully saturated rings. The lowest BCUT2D eigenvalue weighted by molar-refractivity contribution is 0.371. The minimum atomic E-state index is -0.892. The molecule has 112 valence electrons. The number of halogens is 2. The molecule has 0 aliphatic carbocycles. The molecule has 4 nitrogen and oxygen atoms in total. The third kappa shape index (κ3) is 2.81. The Morgan fingerprint density at radius 3 is 2.67 bits per heavy atom. The highest BCUT2D eigenvalue weighted by molar-refractivity contribution is 5.75. The maximum atomic E-state index is 13.3. The van der Waals surface area contributed by atoms with Gasteiger partial charge in [-0.3, -0.25) is 4.98 Å². The summed E-state index contributed by atoms with van der Waals surface area (Å²) < 4.78 is 26.5. The first-order valence-electron chi connectivity index (χ1n) is 7.08. The van der Waals surface area contributed by atoms with Crippen LogP contribution in [0.5, 0.6) is 0 Å². The van der Waals surface area contributed by atoms with Gasteiger partial charge in [-0.2, -0.15) is 0 Å². The van der Waals surface area contributed by atoms with Crippen molar-refractivity contribution in [2.45, 2.75) is 18.9 Å². The van der Waals surface area contributed by atoms with Gasteiger partial charge in [0.2, 0.25) is 0 Å². The van der Waals surface area contributed by atoms with E-state index in [0.29, 0.717) is 17.1 Å². The molecule has 1 aliphatic rings. The SMILES string of the molecule is CN(C)C[C@@H]1CCCN1c1cnc2cc(F)c(F)cc2n1. The number of nitrogens with zero attached hydrogens (tertiary/aromatic N) is 4. The first-order valence-corrected chi connectivity index (χ1v) is 7.08. The minimum absolute atomic E-state index is 0.376. The van der Waals surface area contributed by atoms with Crippen LogP contribution in [-0.2, 0) is 0 Å². The van der Waals surface area contributed by atoms with Crippen molar-refractivity contribution in [1.29, 1.82) is 0 Å². The maximum Gasteiger partial charge on any atom is 0.161 e. The molecule has 0 bridgehead atoms. The lowest BCUT2D eigenvalue weighted by Gasteiger charge is -2.27. The average molecular weight is 292 g/mol. The Morgan fingerprint density at radius 2 is 1.95 bits per heavy atom. The van der Waals surface area contributed by atoms with E-state index >= 15 is 0 Å². The molecule has 0 radical (unpaired) electrons. The molecule has 2 heterocycles. The van der Waals surface area contributed by atoms with Crippen molar-refractivity contribution in [3.05, 3.63) is 30.0 Å². The average Bonchev–Trinajstić information content (AvgIpc) is 2.87. The van der Waals surface area contributed by atoms with Gasteiger partial charge in [-0.1, -0.05) is 0 Å². The van der Waals surface area contributed by atoms with E-state index in [4.69, 9.17) is 0 Å². The van der Waals surface area contributed by atoms with E-state index in [9.17, 15) is 8.78 Å². The monoisotopic (exact) mass is 292 g/mol. The van der Waals surface area contributed by atoms with Crippen LogP contribution in [0.1, 0.15) is 12.8 Å². The van der Waals surface area contributed by atoms with Gasteiger partial charge >= 0.3 is 0 Å². The van der Waals surface area contributed by atoms with E-state index in [1.807, 2.05) is 14.1 Å². The number of anilines is 1. The van der Waals surface area contributed by atoms with Crippen molar-refractivity contribution in [1.82, 2.24) is 14.9 Å². The first kappa shape index (κ1) is 14.1. The first-order chi connectivity index (χ1) is 10.0. The molecule has 3 rings (SSSR count). The molecular formula is C15H18F2N4. The number of hydrogen-bond acceptors (Lipinski definition) is 4. The predicted molar refractivity (Wildman–Crippen MR) is 78.4 cm³/mol. The van der Waals surface area contributed by atoms with E-state index in [1.54, 1.807) is 6.20 Å². The number of benzene rings is 1. The van der Waals surface area contributed by atoms with Crippen molar-refractivity contribution < 1.29 is 8.78 Å². The third-order valence-electron chi connectivity index (χ3n) is 3.82. The largest absolute Gasteiger partial charge is 0.351 e. The van der Waals surface area contributed by atoms with E-state index < -0.39 is 11.6 Å². The summed E-state index contributed by atoms with van der Waals surface area (Å²) >= 11 is 0. The fourth-order valence-corrected chi connectivity index (χ4v) is 2.89. The molecule has 1 saturated heterocycles. The zero-order valence-electron chi connectivity index (χ0n) is 12.2. The Labute approximate surface area is 122 Å². The second-order valence-electron chi connectivity index (χ2n) is 5.73. The second kappa shape index (κ2) is 5.52. The van der Waals surface area contributed by atoms with Crippen LogP contribution in [-0.4, -0.2) is 48.1 Å². The summed E-state index contributed by atoms with van der Waals surface area (Å²) in [5.41, 5.74) is 0.767. The Morgan fingerprint density at radius 1 is 1.24 bits per heavy atom. The van der Waals surface area contributed by atoms with Gasteiger partial charge in [-0.15, -0.1) is 0 Å². The van der Waals surface area contributed by atoms with E-state index in [1.165, 1.54) is 0 Å². The summed E-state index contributed by atoms with van der Waals surface area (Å²) in [5, 5.41) is 0. The molecule has 1 aliphatic heterocycles. The second-order valence-corrected chi connectivity index (χ2v) is 5.73. The summed E-state index contributed by atoms with van der Waals surface area (Å²) in [4.78, 5) is 13.0. The molecule has 0 amide bonds. The zero-order valence-corrected chi connectivity index (χ0v) is 12.2. The Hall–Kier alpha value is -1.82. The number of aromatic nitrogens is 2. The van der Waals surface area contributed by atoms with E-state index in [2.05, 4.69) is 19.8 Å². The van der Waals surface area contributed by atoms with Gasteiger partial charge in [-0.25, -0.2) is 13.8 Å². The normalized spacial score (nSPS) is 18.9. The third-order valence-corrected chi connectivity index (χ3v) is 3.82. The topological polar surface area (TPSA) is 32.3 Å². The van der Waals surface area contributed by atoms with Gasteiger partial charge in [0.15, 0.2) is 11.6 Å². The number of fused-ring (bicyclic) bond motifs is 1. The quantitative estimate of drug-likeness (QED) is 0.870. The van der Waals surface area contributed by atoms with E-state index in [-0.39, 0.29) is 0 Å². The van der Waals surface area contributed by atoms with Crippen LogP contribution in [0, 0.1) is 11.6 Å². The summed E-state index contributed by atoms with van der Waals surface area (Å²) in [6.45, 7) is 1.86. The summed E-state index contributed by atoms with van der Waals surface area (Å²) in [7, 11) is 4.08. The van der Waals surface area contributed by atoms with Gasteiger partial charge < -0.3 is 9.80 Å². The number of likely N-dealkylation sites (N-methyl/N-ethyl adjacent to an activating group) is 1. The van der Waals surface area contributed by atoms with Crippen LogP contribution in [0.15, 0.2) is 18.3 Å². The van der Waals surface area contributed by atoms with Crippen LogP contribution in [0.3, 0.4) is 0 Å². The molecule has 0 saturated carbocycles.